The molecule has 3 aliphatic carbocycles. The number of nitrogens with zero attached hydrogens (tertiary/aromatic N) is 4. The second kappa shape index (κ2) is 6.38. The summed E-state index contributed by atoms with van der Waals surface area (Å²) in [6.45, 7) is 4.83. The van der Waals surface area contributed by atoms with Crippen molar-refractivity contribution in [2.24, 2.45) is 22.2 Å². The Kier molecular flexibility index (Phi) is 4.31. The van der Waals surface area contributed by atoms with E-state index >= 15 is 0 Å². The van der Waals surface area contributed by atoms with Crippen LogP contribution in [0.4, 0.5) is 0 Å². The number of thioether (sulfide) groups is 1. The van der Waals surface area contributed by atoms with Crippen LogP contribution < -0.4 is 5.56 Å². The van der Waals surface area contributed by atoms with Gasteiger partial charge in [0.1, 0.15) is 11.6 Å². The van der Waals surface area contributed by atoms with Crippen LogP contribution in [0.2, 0.25) is 0 Å². The zero-order valence-corrected chi connectivity index (χ0v) is 16.4. The highest BCUT2D eigenvalue weighted by molar-refractivity contribution is 7.99. The lowest BCUT2D eigenvalue weighted by molar-refractivity contribution is -0.0391. The summed E-state index contributed by atoms with van der Waals surface area (Å²) in [7, 11) is 1.83. The summed E-state index contributed by atoms with van der Waals surface area (Å²) >= 11 is 1.61. The van der Waals surface area contributed by atoms with Crippen LogP contribution in [0.1, 0.15) is 50.8 Å². The van der Waals surface area contributed by atoms with Crippen LogP contribution in [0.3, 0.4) is 0 Å². The van der Waals surface area contributed by atoms with E-state index in [0.29, 0.717) is 18.2 Å². The minimum Gasteiger partial charge on any atom is -0.292 e. The fraction of sp³-hybridized carbons (Fsp3) is 0.600. The maximum atomic E-state index is 13.0. The molecule has 5 rings (SSSR count). The molecule has 1 unspecified atom stereocenters. The van der Waals surface area contributed by atoms with Gasteiger partial charge in [-0.1, -0.05) is 31.7 Å². The first-order valence-electron chi connectivity index (χ1n) is 9.39. The van der Waals surface area contributed by atoms with E-state index in [2.05, 4.69) is 31.0 Å². The number of hydrogen-bond acceptors (Lipinski definition) is 5. The van der Waals surface area contributed by atoms with Crippen LogP contribution in [0.15, 0.2) is 21.0 Å². The van der Waals surface area contributed by atoms with Crippen molar-refractivity contribution in [3.63, 3.8) is 0 Å². The lowest BCUT2D eigenvalue weighted by Gasteiger charge is -2.62. The van der Waals surface area contributed by atoms with Crippen molar-refractivity contribution in [1.29, 1.82) is 5.26 Å². The molecule has 1 aliphatic heterocycles. The summed E-state index contributed by atoms with van der Waals surface area (Å²) in [4.78, 5) is 22.4. The van der Waals surface area contributed by atoms with Gasteiger partial charge < -0.3 is 0 Å². The highest BCUT2D eigenvalue weighted by Crippen LogP contribution is 2.66. The fourth-order valence-electron chi connectivity index (χ4n) is 4.60. The topological polar surface area (TPSA) is 71.0 Å². The van der Waals surface area contributed by atoms with Crippen molar-refractivity contribution >= 4 is 23.0 Å². The molecule has 136 valence electrons. The van der Waals surface area contributed by atoms with Crippen molar-refractivity contribution in [2.45, 2.75) is 51.2 Å². The van der Waals surface area contributed by atoms with Gasteiger partial charge in [0, 0.05) is 36.0 Å². The average Bonchev–Trinajstić information content (AvgIpc) is 2.55. The van der Waals surface area contributed by atoms with E-state index in [9.17, 15) is 10.1 Å². The first-order valence-corrected chi connectivity index (χ1v) is 10.4. The summed E-state index contributed by atoms with van der Waals surface area (Å²) in [5.41, 5.74) is 2.60. The molecule has 0 amide bonds. The average molecular weight is 369 g/mol. The van der Waals surface area contributed by atoms with Gasteiger partial charge >= 0.3 is 0 Å². The Morgan fingerprint density at radius 3 is 2.77 bits per heavy atom. The lowest BCUT2D eigenvalue weighted by Crippen LogP contribution is -2.57. The molecule has 6 heteroatoms. The molecule has 1 aromatic rings. The predicted octanol–water partition coefficient (Wildman–Crippen LogP) is 3.52. The van der Waals surface area contributed by atoms with Crippen molar-refractivity contribution < 1.29 is 0 Å². The number of aliphatic imine (C=N–C) groups is 1. The Labute approximate surface area is 158 Å². The Morgan fingerprint density at radius 1 is 1.50 bits per heavy atom. The molecule has 1 aromatic heterocycles. The lowest BCUT2D eigenvalue weighted by atomic mass is 9.42. The molecule has 3 saturated carbocycles. The summed E-state index contributed by atoms with van der Waals surface area (Å²) < 4.78 is 1.67. The largest absolute Gasteiger partial charge is 0.292 e. The van der Waals surface area contributed by atoms with Gasteiger partial charge in [0.2, 0.25) is 0 Å². The van der Waals surface area contributed by atoms with E-state index in [4.69, 9.17) is 4.98 Å². The molecular weight excluding hydrogens is 344 g/mol. The quantitative estimate of drug-likeness (QED) is 0.602. The normalized spacial score (nSPS) is 30.1. The molecular formula is C20H24N4OS. The van der Waals surface area contributed by atoms with E-state index in [-0.39, 0.29) is 16.5 Å². The Morgan fingerprint density at radius 2 is 2.23 bits per heavy atom. The Bertz CT molecular complexity index is 904. The number of nitriles is 1. The van der Waals surface area contributed by atoms with Crippen LogP contribution in [-0.2, 0) is 6.54 Å². The smallest absolute Gasteiger partial charge is 0.272 e. The summed E-state index contributed by atoms with van der Waals surface area (Å²) in [5, 5.41) is 10.5. The van der Waals surface area contributed by atoms with Crippen LogP contribution in [-0.4, -0.2) is 28.1 Å². The molecule has 0 spiro atoms. The number of fused-ring (bicyclic) bond motifs is 1. The highest BCUT2D eigenvalue weighted by atomic mass is 32.2. The second-order valence-corrected chi connectivity index (χ2v) is 8.91. The molecule has 26 heavy (non-hydrogen) atoms. The number of hydrogen-bond donors (Lipinski definition) is 0. The molecule has 0 aromatic carbocycles. The zero-order valence-electron chi connectivity index (χ0n) is 15.6. The summed E-state index contributed by atoms with van der Waals surface area (Å²) in [5.74, 6) is 2.19. The standard InChI is InChI=1S/C20H24N4OS/c1-4-5-14(17(22-3)20-6-13(7-20)8-20)16-15(9-21)18(25)24-10-12(2)11-26-19(24)23-16/h5,12-13H,4,6-8,10-11H2,1-3H3/b14-5-,22-17?. The third-order valence-electron chi connectivity index (χ3n) is 5.92. The van der Waals surface area contributed by atoms with E-state index in [0.717, 1.165) is 34.5 Å². The van der Waals surface area contributed by atoms with Gasteiger partial charge in [0.25, 0.3) is 5.56 Å². The molecule has 0 radical (unpaired) electrons. The third kappa shape index (κ3) is 2.48. The molecule has 2 bridgehead atoms. The van der Waals surface area contributed by atoms with Crippen molar-refractivity contribution in [3.8, 4) is 6.07 Å². The van der Waals surface area contributed by atoms with Crippen LogP contribution in [0.5, 0.6) is 0 Å². The maximum absolute atomic E-state index is 13.0. The van der Waals surface area contributed by atoms with Gasteiger partial charge in [-0.05, 0) is 37.5 Å². The van der Waals surface area contributed by atoms with E-state index in [1.165, 1.54) is 19.3 Å². The zero-order chi connectivity index (χ0) is 18.5. The second-order valence-electron chi connectivity index (χ2n) is 7.92. The van der Waals surface area contributed by atoms with Gasteiger partial charge in [-0.2, -0.15) is 5.26 Å². The molecule has 1 atom stereocenters. The SMILES string of the molecule is CC/C=C(\C(=NC)C12CC(C1)C2)c1nc2n(c(=O)c1C#N)CC(C)CS2. The highest BCUT2D eigenvalue weighted by Gasteiger charge is 2.60. The molecule has 4 aliphatic rings. The van der Waals surface area contributed by atoms with E-state index in [1.54, 1.807) is 16.3 Å². The monoisotopic (exact) mass is 368 g/mol. The van der Waals surface area contributed by atoms with Crippen molar-refractivity contribution in [1.82, 2.24) is 9.55 Å². The van der Waals surface area contributed by atoms with Gasteiger partial charge in [-0.3, -0.25) is 14.4 Å². The van der Waals surface area contributed by atoms with Crippen LogP contribution in [0.25, 0.3) is 5.57 Å². The van der Waals surface area contributed by atoms with Gasteiger partial charge in [-0.15, -0.1) is 0 Å². The first-order chi connectivity index (χ1) is 12.5. The number of allylic oxidation sites excluding steroid dienone is 2. The van der Waals surface area contributed by atoms with Crippen LogP contribution in [0, 0.1) is 28.6 Å². The fourth-order valence-corrected chi connectivity index (χ4v) is 5.61. The van der Waals surface area contributed by atoms with Crippen molar-refractivity contribution in [2.75, 3.05) is 12.8 Å². The summed E-state index contributed by atoms with van der Waals surface area (Å²) in [6.07, 6.45) is 6.46. The maximum Gasteiger partial charge on any atom is 0.272 e. The van der Waals surface area contributed by atoms with Crippen molar-refractivity contribution in [3.05, 3.63) is 27.7 Å². The minimum absolute atomic E-state index is 0.155. The van der Waals surface area contributed by atoms with Gasteiger partial charge in [0.15, 0.2) is 5.16 Å². The summed E-state index contributed by atoms with van der Waals surface area (Å²) in [6, 6.07) is 2.15. The molecule has 2 heterocycles. The number of rotatable bonds is 4. The van der Waals surface area contributed by atoms with Gasteiger partial charge in [0.05, 0.1) is 5.69 Å². The van der Waals surface area contributed by atoms with Gasteiger partial charge in [-0.25, -0.2) is 4.98 Å². The number of aromatic nitrogens is 2. The Hall–Kier alpha value is -1.87. The molecule has 3 fully saturated rings. The van der Waals surface area contributed by atoms with Crippen LogP contribution >= 0.6 is 11.8 Å². The first kappa shape index (κ1) is 17.5. The van der Waals surface area contributed by atoms with E-state index in [1.807, 2.05) is 7.05 Å². The Balaban J connectivity index is 1.87. The molecule has 0 N–H and O–H groups in total. The molecule has 0 saturated heterocycles. The van der Waals surface area contributed by atoms with E-state index < -0.39 is 0 Å². The minimum atomic E-state index is -0.207. The third-order valence-corrected chi connectivity index (χ3v) is 7.23. The molecule has 5 nitrogen and oxygen atoms in total. The predicted molar refractivity (Wildman–Crippen MR) is 105 cm³/mol.